The Morgan fingerprint density at radius 3 is 2.69 bits per heavy atom. The molecule has 0 spiro atoms. The Morgan fingerprint density at radius 2 is 1.94 bits per heavy atom. The fraction of sp³-hybridized carbons (Fsp3) is 0.923. The largest absolute Gasteiger partial charge is 0.312 e. The van der Waals surface area contributed by atoms with Crippen LogP contribution in [-0.2, 0) is 0 Å². The summed E-state index contributed by atoms with van der Waals surface area (Å²) in [6, 6.07) is 2.95. The van der Waals surface area contributed by atoms with E-state index < -0.39 is 0 Å². The third-order valence-electron chi connectivity index (χ3n) is 3.81. The molecular weight excluding hydrogens is 216 g/mol. The van der Waals surface area contributed by atoms with E-state index in [9.17, 15) is 0 Å². The van der Waals surface area contributed by atoms with Gasteiger partial charge in [-0.05, 0) is 31.4 Å². The van der Waals surface area contributed by atoms with Gasteiger partial charge in [-0.2, -0.15) is 17.0 Å². The number of rotatable bonds is 3. The van der Waals surface area contributed by atoms with Gasteiger partial charge in [0, 0.05) is 17.8 Å². The zero-order valence-electron chi connectivity index (χ0n) is 9.95. The van der Waals surface area contributed by atoms with Crippen molar-refractivity contribution in [2.45, 2.75) is 56.2 Å². The quantitative estimate of drug-likeness (QED) is 0.821. The number of hydrogen-bond acceptors (Lipinski definition) is 3. The Labute approximate surface area is 103 Å². The van der Waals surface area contributed by atoms with Gasteiger partial charge in [0.2, 0.25) is 0 Å². The summed E-state index contributed by atoms with van der Waals surface area (Å²) >= 11 is 2.12. The van der Waals surface area contributed by atoms with Crippen molar-refractivity contribution >= 4 is 11.8 Å². The third kappa shape index (κ3) is 3.40. The maximum atomic E-state index is 9.10. The summed E-state index contributed by atoms with van der Waals surface area (Å²) < 4.78 is 0. The van der Waals surface area contributed by atoms with Crippen molar-refractivity contribution < 1.29 is 0 Å². The zero-order valence-corrected chi connectivity index (χ0v) is 10.8. The van der Waals surface area contributed by atoms with Crippen molar-refractivity contribution in [1.82, 2.24) is 5.32 Å². The minimum absolute atomic E-state index is 0.266. The van der Waals surface area contributed by atoms with Crippen LogP contribution in [0.3, 0.4) is 0 Å². The van der Waals surface area contributed by atoms with Crippen molar-refractivity contribution in [1.29, 1.82) is 5.26 Å². The number of nitriles is 1. The summed E-state index contributed by atoms with van der Waals surface area (Å²) in [5.41, 5.74) is 0. The van der Waals surface area contributed by atoms with Crippen molar-refractivity contribution in [3.63, 3.8) is 0 Å². The number of nitrogens with zero attached hydrogens (tertiary/aromatic N) is 1. The van der Waals surface area contributed by atoms with Crippen molar-refractivity contribution in [2.24, 2.45) is 5.92 Å². The molecule has 1 N–H and O–H groups in total. The standard InChI is InChI=1S/C13H22N2S/c14-9-11-5-1-2-7-13(11)15-10-12-6-3-4-8-16-12/h11-13,15H,1-8,10H2. The smallest absolute Gasteiger partial charge is 0.0672 e. The fourth-order valence-corrected chi connectivity index (χ4v) is 4.03. The fourth-order valence-electron chi connectivity index (χ4n) is 2.78. The summed E-state index contributed by atoms with van der Waals surface area (Å²) in [7, 11) is 0. The number of thioether (sulfide) groups is 1. The molecule has 2 rings (SSSR count). The monoisotopic (exact) mass is 238 g/mol. The van der Waals surface area contributed by atoms with Gasteiger partial charge in [0.05, 0.1) is 12.0 Å². The van der Waals surface area contributed by atoms with Crippen LogP contribution < -0.4 is 5.32 Å². The van der Waals surface area contributed by atoms with Gasteiger partial charge < -0.3 is 5.32 Å². The van der Waals surface area contributed by atoms with Crippen molar-refractivity contribution in [3.05, 3.63) is 0 Å². The highest BCUT2D eigenvalue weighted by atomic mass is 32.2. The van der Waals surface area contributed by atoms with E-state index >= 15 is 0 Å². The lowest BCUT2D eigenvalue weighted by Crippen LogP contribution is -2.41. The van der Waals surface area contributed by atoms with Gasteiger partial charge in [-0.25, -0.2) is 0 Å². The lowest BCUT2D eigenvalue weighted by Gasteiger charge is -2.30. The topological polar surface area (TPSA) is 35.8 Å². The van der Waals surface area contributed by atoms with E-state index in [1.807, 2.05) is 0 Å². The molecule has 0 aromatic rings. The summed E-state index contributed by atoms with van der Waals surface area (Å²) in [4.78, 5) is 0. The van der Waals surface area contributed by atoms with E-state index in [2.05, 4.69) is 23.1 Å². The van der Waals surface area contributed by atoms with Gasteiger partial charge in [0.15, 0.2) is 0 Å². The SMILES string of the molecule is N#CC1CCCCC1NCC1CCCCS1. The maximum Gasteiger partial charge on any atom is 0.0672 e. The Balaban J connectivity index is 1.73. The van der Waals surface area contributed by atoms with E-state index in [4.69, 9.17) is 5.26 Å². The molecule has 1 saturated heterocycles. The zero-order chi connectivity index (χ0) is 11.2. The maximum absolute atomic E-state index is 9.10. The molecule has 1 heterocycles. The predicted molar refractivity (Wildman–Crippen MR) is 69.5 cm³/mol. The van der Waals surface area contributed by atoms with E-state index in [1.54, 1.807) is 0 Å². The first-order valence-corrected chi connectivity index (χ1v) is 7.69. The number of nitrogens with one attached hydrogen (secondary N) is 1. The lowest BCUT2D eigenvalue weighted by atomic mass is 9.85. The Bertz CT molecular complexity index is 243. The molecular formula is C13H22N2S. The van der Waals surface area contributed by atoms with Gasteiger partial charge in [-0.1, -0.05) is 19.3 Å². The highest BCUT2D eigenvalue weighted by Gasteiger charge is 2.25. The molecule has 1 aliphatic carbocycles. The first kappa shape index (κ1) is 12.3. The predicted octanol–water partition coefficient (Wildman–Crippen LogP) is 2.94. The number of hydrogen-bond donors (Lipinski definition) is 1. The molecule has 0 amide bonds. The van der Waals surface area contributed by atoms with Gasteiger partial charge in [-0.3, -0.25) is 0 Å². The van der Waals surface area contributed by atoms with Crippen LogP contribution in [0.4, 0.5) is 0 Å². The minimum atomic E-state index is 0.266. The molecule has 3 atom stereocenters. The van der Waals surface area contributed by atoms with Crippen LogP contribution in [0.2, 0.25) is 0 Å². The third-order valence-corrected chi connectivity index (χ3v) is 5.21. The second kappa shape index (κ2) is 6.51. The molecule has 2 fully saturated rings. The molecule has 16 heavy (non-hydrogen) atoms. The van der Waals surface area contributed by atoms with Gasteiger partial charge in [0.25, 0.3) is 0 Å². The van der Waals surface area contributed by atoms with Crippen LogP contribution in [0.15, 0.2) is 0 Å². The molecule has 90 valence electrons. The van der Waals surface area contributed by atoms with E-state index in [0.29, 0.717) is 6.04 Å². The van der Waals surface area contributed by atoms with Gasteiger partial charge in [-0.15, -0.1) is 0 Å². The lowest BCUT2D eigenvalue weighted by molar-refractivity contribution is 0.312. The summed E-state index contributed by atoms with van der Waals surface area (Å²) in [5.74, 6) is 1.60. The molecule has 3 heteroatoms. The highest BCUT2D eigenvalue weighted by molar-refractivity contribution is 7.99. The molecule has 0 radical (unpaired) electrons. The average Bonchev–Trinajstić information content (AvgIpc) is 2.38. The first-order chi connectivity index (χ1) is 7.90. The van der Waals surface area contributed by atoms with Crippen LogP contribution in [0.1, 0.15) is 44.9 Å². The average molecular weight is 238 g/mol. The van der Waals surface area contributed by atoms with Crippen LogP contribution in [0.25, 0.3) is 0 Å². The molecule has 0 bridgehead atoms. The van der Waals surface area contributed by atoms with Gasteiger partial charge >= 0.3 is 0 Å². The first-order valence-electron chi connectivity index (χ1n) is 6.65. The Hall–Kier alpha value is -0.200. The normalized spacial score (nSPS) is 35.6. The second-order valence-corrected chi connectivity index (χ2v) is 6.43. The molecule has 1 saturated carbocycles. The van der Waals surface area contributed by atoms with E-state index in [-0.39, 0.29) is 5.92 Å². The van der Waals surface area contributed by atoms with Crippen LogP contribution in [0, 0.1) is 17.2 Å². The summed E-state index contributed by atoms with van der Waals surface area (Å²) in [5, 5.41) is 13.6. The molecule has 2 aliphatic rings. The summed E-state index contributed by atoms with van der Waals surface area (Å²) in [6.45, 7) is 1.12. The Morgan fingerprint density at radius 1 is 1.12 bits per heavy atom. The van der Waals surface area contributed by atoms with Crippen LogP contribution in [0.5, 0.6) is 0 Å². The van der Waals surface area contributed by atoms with Crippen LogP contribution >= 0.6 is 11.8 Å². The van der Waals surface area contributed by atoms with Gasteiger partial charge in [0.1, 0.15) is 0 Å². The van der Waals surface area contributed by atoms with Crippen molar-refractivity contribution in [3.8, 4) is 6.07 Å². The molecule has 3 unspecified atom stereocenters. The molecule has 2 nitrogen and oxygen atoms in total. The minimum Gasteiger partial charge on any atom is -0.312 e. The molecule has 0 aromatic heterocycles. The molecule has 1 aliphatic heterocycles. The Kier molecular flexibility index (Phi) is 4.99. The van der Waals surface area contributed by atoms with E-state index in [1.165, 1.54) is 44.3 Å². The summed E-state index contributed by atoms with van der Waals surface area (Å²) in [6.07, 6.45) is 9.00. The van der Waals surface area contributed by atoms with Crippen molar-refractivity contribution in [2.75, 3.05) is 12.3 Å². The molecule has 0 aromatic carbocycles. The second-order valence-electron chi connectivity index (χ2n) is 5.02. The highest BCUT2D eigenvalue weighted by Crippen LogP contribution is 2.27. The van der Waals surface area contributed by atoms with Crippen LogP contribution in [-0.4, -0.2) is 23.6 Å². The van der Waals surface area contributed by atoms with E-state index in [0.717, 1.165) is 18.2 Å².